The number of esters is 1. The van der Waals surface area contributed by atoms with Crippen molar-refractivity contribution in [2.45, 2.75) is 37.0 Å². The summed E-state index contributed by atoms with van der Waals surface area (Å²) in [5, 5.41) is 4.60. The van der Waals surface area contributed by atoms with Crippen molar-refractivity contribution in [1.82, 2.24) is 15.3 Å². The van der Waals surface area contributed by atoms with E-state index in [9.17, 15) is 14.4 Å². The molecule has 8 nitrogen and oxygen atoms in total. The molecule has 0 saturated carbocycles. The molecular formula is C35H30F3N3O5. The second kappa shape index (κ2) is 12.7. The number of fused-ring (bicyclic) bond motifs is 1. The van der Waals surface area contributed by atoms with E-state index in [0.717, 1.165) is 0 Å². The third kappa shape index (κ3) is 5.81. The zero-order valence-corrected chi connectivity index (χ0v) is 24.6. The predicted octanol–water partition coefficient (Wildman–Crippen LogP) is 5.64. The number of benzene rings is 4. The molecular weight excluding hydrogens is 599 g/mol. The van der Waals surface area contributed by atoms with E-state index in [2.05, 4.69) is 5.32 Å². The fourth-order valence-electron chi connectivity index (χ4n) is 6.29. The summed E-state index contributed by atoms with van der Waals surface area (Å²) in [6.07, 6.45) is -5.04. The number of carbonyl (C=O) groups excluding carboxylic acids is 3. The molecule has 11 heteroatoms. The molecule has 4 aromatic rings. The third-order valence-electron chi connectivity index (χ3n) is 8.32. The average molecular weight is 630 g/mol. The van der Waals surface area contributed by atoms with Crippen LogP contribution in [0.2, 0.25) is 0 Å². The van der Waals surface area contributed by atoms with Gasteiger partial charge in [-0.15, -0.1) is 0 Å². The molecule has 4 aromatic carbocycles. The minimum absolute atomic E-state index is 0.241. The van der Waals surface area contributed by atoms with Gasteiger partial charge in [0.1, 0.15) is 24.3 Å². The lowest BCUT2D eigenvalue weighted by Gasteiger charge is -2.33. The number of amides is 2. The van der Waals surface area contributed by atoms with Crippen molar-refractivity contribution in [3.63, 3.8) is 0 Å². The first kappa shape index (κ1) is 30.8. The highest BCUT2D eigenvalue weighted by Gasteiger charge is 2.69. The van der Waals surface area contributed by atoms with Crippen molar-refractivity contribution >= 4 is 17.8 Å². The molecule has 0 aromatic heterocycles. The molecule has 2 saturated heterocycles. The third-order valence-corrected chi connectivity index (χ3v) is 8.32. The Morgan fingerprint density at radius 3 is 1.93 bits per heavy atom. The molecule has 0 bridgehead atoms. The predicted molar refractivity (Wildman–Crippen MR) is 161 cm³/mol. The molecule has 46 heavy (non-hydrogen) atoms. The maximum absolute atomic E-state index is 15.2. The number of rotatable bonds is 8. The van der Waals surface area contributed by atoms with E-state index in [0.29, 0.717) is 27.4 Å². The molecule has 2 amide bonds. The summed E-state index contributed by atoms with van der Waals surface area (Å²) in [5.41, 5.74) is 1.66. The maximum atomic E-state index is 15.2. The molecule has 3 unspecified atom stereocenters. The number of carbonyl (C=O) groups is 3. The second-order valence-corrected chi connectivity index (χ2v) is 11.1. The van der Waals surface area contributed by atoms with Crippen LogP contribution in [0.25, 0.3) is 0 Å². The van der Waals surface area contributed by atoms with E-state index in [1.54, 1.807) is 115 Å². The zero-order valence-electron chi connectivity index (χ0n) is 24.6. The van der Waals surface area contributed by atoms with Gasteiger partial charge in [0.15, 0.2) is 6.04 Å². The van der Waals surface area contributed by atoms with E-state index < -0.39 is 54.0 Å². The molecule has 2 aliphatic rings. The lowest BCUT2D eigenvalue weighted by molar-refractivity contribution is -0.207. The second-order valence-electron chi connectivity index (χ2n) is 11.1. The van der Waals surface area contributed by atoms with Crippen LogP contribution in [0.3, 0.4) is 0 Å². The van der Waals surface area contributed by atoms with Gasteiger partial charge in [-0.1, -0.05) is 91.0 Å². The number of methoxy groups -OCH3 is 1. The van der Waals surface area contributed by atoms with Crippen molar-refractivity contribution in [2.24, 2.45) is 5.92 Å². The Morgan fingerprint density at radius 2 is 1.35 bits per heavy atom. The van der Waals surface area contributed by atoms with Gasteiger partial charge in [-0.25, -0.2) is 0 Å². The summed E-state index contributed by atoms with van der Waals surface area (Å²) in [7, 11) is 1.46. The zero-order chi connectivity index (χ0) is 32.4. The van der Waals surface area contributed by atoms with E-state index in [1.807, 2.05) is 0 Å². The smallest absolute Gasteiger partial charge is 0.411 e. The van der Waals surface area contributed by atoms with E-state index in [4.69, 9.17) is 9.47 Å². The van der Waals surface area contributed by atoms with Crippen LogP contribution >= 0.6 is 0 Å². The molecule has 2 fully saturated rings. The highest BCUT2D eigenvalue weighted by Crippen LogP contribution is 2.55. The fourth-order valence-corrected chi connectivity index (χ4v) is 6.29. The van der Waals surface area contributed by atoms with Crippen LogP contribution in [0.1, 0.15) is 39.1 Å². The minimum atomic E-state index is -5.04. The summed E-state index contributed by atoms with van der Waals surface area (Å²) in [4.78, 5) is 41.4. The monoisotopic (exact) mass is 629 g/mol. The first-order valence-corrected chi connectivity index (χ1v) is 14.6. The number of hydrogen-bond donors (Lipinski definition) is 1. The molecule has 6 rings (SSSR count). The summed E-state index contributed by atoms with van der Waals surface area (Å²) in [6.45, 7) is -0.248. The molecule has 2 aliphatic heterocycles. The Hall–Kier alpha value is -5.16. The number of hydrazine groups is 1. The molecule has 0 spiro atoms. The molecule has 1 N–H and O–H groups in total. The summed E-state index contributed by atoms with van der Waals surface area (Å²) in [6, 6.07) is 25.2. The van der Waals surface area contributed by atoms with Crippen LogP contribution in [-0.4, -0.2) is 53.2 Å². The Kier molecular flexibility index (Phi) is 8.50. The first-order valence-electron chi connectivity index (χ1n) is 14.6. The van der Waals surface area contributed by atoms with Gasteiger partial charge < -0.3 is 14.8 Å². The van der Waals surface area contributed by atoms with Crippen molar-refractivity contribution in [1.29, 1.82) is 0 Å². The van der Waals surface area contributed by atoms with Crippen LogP contribution < -0.4 is 10.1 Å². The Balaban J connectivity index is 1.48. The summed E-state index contributed by atoms with van der Waals surface area (Å²) < 4.78 is 56.4. The maximum Gasteiger partial charge on any atom is 0.411 e. The van der Waals surface area contributed by atoms with Crippen molar-refractivity contribution < 1.29 is 37.0 Å². The van der Waals surface area contributed by atoms with Gasteiger partial charge in [-0.2, -0.15) is 18.2 Å². The molecule has 0 radical (unpaired) electrons. The lowest BCUT2D eigenvalue weighted by Crippen LogP contribution is -2.52. The van der Waals surface area contributed by atoms with Crippen molar-refractivity contribution in [2.75, 3.05) is 7.11 Å². The number of ether oxygens (including phenoxy) is 2. The van der Waals surface area contributed by atoms with Crippen molar-refractivity contribution in [3.05, 3.63) is 138 Å². The standard InChI is InChI=1S/C35H30F3N3O5/c1-45-26-19-17-24(18-20-26)29-27(34(44)46-21-22-11-5-2-6-12-22)31(35(36,37)38)41-33(43)28(39-32(42)25-15-9-4-10-16-25)30(40(29)41)23-13-7-3-8-14-23/h2-20,27-31H,21H2,1H3,(H,39,42)/t27?,28-,29?,30-,31?/m0/s1. The van der Waals surface area contributed by atoms with E-state index >= 15 is 13.2 Å². The van der Waals surface area contributed by atoms with E-state index in [-0.39, 0.29) is 12.2 Å². The SMILES string of the molecule is COc1ccc(C2C(C(=O)OCc3ccccc3)C(C(F)(F)F)N3C(=O)[C@@H](NC(=O)c4ccccc4)[C@H](c4ccccc4)N23)cc1. The Morgan fingerprint density at radius 1 is 0.783 bits per heavy atom. The minimum Gasteiger partial charge on any atom is -0.497 e. The lowest BCUT2D eigenvalue weighted by atomic mass is 9.85. The van der Waals surface area contributed by atoms with Crippen molar-refractivity contribution in [3.8, 4) is 5.75 Å². The highest BCUT2D eigenvalue weighted by atomic mass is 19.4. The van der Waals surface area contributed by atoms with Gasteiger partial charge in [-0.3, -0.25) is 19.4 Å². The number of nitrogens with zero attached hydrogens (tertiary/aromatic N) is 2. The van der Waals surface area contributed by atoms with Crippen LogP contribution in [0.4, 0.5) is 13.2 Å². The molecule has 2 heterocycles. The normalized spacial score (nSPS) is 22.7. The fraction of sp³-hybridized carbons (Fsp3) is 0.229. The Labute approximate surface area is 263 Å². The van der Waals surface area contributed by atoms with Crippen LogP contribution in [0.5, 0.6) is 5.75 Å². The quantitative estimate of drug-likeness (QED) is 0.254. The number of alkyl halides is 3. The van der Waals surface area contributed by atoms with Gasteiger partial charge >= 0.3 is 12.1 Å². The highest BCUT2D eigenvalue weighted by molar-refractivity contribution is 5.98. The van der Waals surface area contributed by atoms with Crippen LogP contribution in [-0.2, 0) is 20.9 Å². The van der Waals surface area contributed by atoms with Gasteiger partial charge in [0.25, 0.3) is 11.8 Å². The van der Waals surface area contributed by atoms with Gasteiger partial charge in [0, 0.05) is 5.56 Å². The van der Waals surface area contributed by atoms with Gasteiger partial charge in [0.2, 0.25) is 0 Å². The topological polar surface area (TPSA) is 88.2 Å². The Bertz CT molecular complexity index is 1690. The van der Waals surface area contributed by atoms with Crippen LogP contribution in [0.15, 0.2) is 115 Å². The molecule has 5 atom stereocenters. The average Bonchev–Trinajstić information content (AvgIpc) is 3.57. The largest absolute Gasteiger partial charge is 0.497 e. The molecule has 0 aliphatic carbocycles. The van der Waals surface area contributed by atoms with Crippen LogP contribution in [0, 0.1) is 5.92 Å². The number of hydrogen-bond acceptors (Lipinski definition) is 6. The van der Waals surface area contributed by atoms with Gasteiger partial charge in [-0.05, 0) is 41.0 Å². The van der Waals surface area contributed by atoms with E-state index in [1.165, 1.54) is 12.1 Å². The number of halogens is 3. The molecule has 236 valence electrons. The number of nitrogens with one attached hydrogen (secondary N) is 1. The summed E-state index contributed by atoms with van der Waals surface area (Å²) >= 11 is 0. The summed E-state index contributed by atoms with van der Waals surface area (Å²) in [5.74, 6) is -4.11. The van der Waals surface area contributed by atoms with Gasteiger partial charge in [0.05, 0.1) is 19.2 Å². The first-order chi connectivity index (χ1) is 22.2.